The minimum Gasteiger partial charge on any atom is -0.440 e. The summed E-state index contributed by atoms with van der Waals surface area (Å²) in [6.07, 6.45) is 4.43. The quantitative estimate of drug-likeness (QED) is 0.577. The van der Waals surface area contributed by atoms with Gasteiger partial charge in [0, 0.05) is 30.6 Å². The molecule has 0 radical (unpaired) electrons. The molecule has 1 aromatic heterocycles. The number of nitrogens with zero attached hydrogens (tertiary/aromatic N) is 2. The Morgan fingerprint density at radius 1 is 1.14 bits per heavy atom. The van der Waals surface area contributed by atoms with Gasteiger partial charge in [0.25, 0.3) is 0 Å². The third-order valence-corrected chi connectivity index (χ3v) is 5.01. The van der Waals surface area contributed by atoms with E-state index >= 15 is 0 Å². The lowest BCUT2D eigenvalue weighted by molar-refractivity contribution is -0.127. The van der Waals surface area contributed by atoms with Crippen LogP contribution < -0.4 is 4.74 Å². The van der Waals surface area contributed by atoms with E-state index in [1.54, 1.807) is 23.1 Å². The highest BCUT2D eigenvalue weighted by Crippen LogP contribution is 2.30. The molecule has 0 atom stereocenters. The predicted octanol–water partition coefficient (Wildman–Crippen LogP) is 4.85. The first-order valence-corrected chi connectivity index (χ1v) is 9.46. The molecular formula is C22H20F2N2O3. The molecule has 4 rings (SSSR count). The number of ether oxygens (including phenoxy) is 1. The highest BCUT2D eigenvalue weighted by molar-refractivity contribution is 5.92. The summed E-state index contributed by atoms with van der Waals surface area (Å²) in [6.45, 7) is -1.74. The van der Waals surface area contributed by atoms with E-state index in [0.717, 1.165) is 23.9 Å². The Kier molecular flexibility index (Phi) is 5.55. The number of para-hydroxylation sites is 3. The largest absolute Gasteiger partial charge is 0.440 e. The first-order chi connectivity index (χ1) is 14.1. The zero-order chi connectivity index (χ0) is 20.2. The SMILES string of the molecule is O=C(/C=C\c1ccccc1OC(F)F)N1CCC(c2nc3ccccc3o2)CC1. The Labute approximate surface area is 166 Å². The van der Waals surface area contributed by atoms with Crippen LogP contribution in [0.2, 0.25) is 0 Å². The van der Waals surface area contributed by atoms with Crippen LogP contribution in [0.4, 0.5) is 8.78 Å². The molecule has 0 unspecified atom stereocenters. The van der Waals surface area contributed by atoms with Crippen molar-refractivity contribution < 1.29 is 22.7 Å². The van der Waals surface area contributed by atoms with Crippen LogP contribution in [0.25, 0.3) is 17.2 Å². The van der Waals surface area contributed by atoms with Crippen LogP contribution in [-0.4, -0.2) is 35.5 Å². The number of oxazole rings is 1. The maximum absolute atomic E-state index is 12.5. The maximum atomic E-state index is 12.5. The second-order valence-corrected chi connectivity index (χ2v) is 6.87. The number of hydrogen-bond acceptors (Lipinski definition) is 4. The number of aromatic nitrogens is 1. The summed E-state index contributed by atoms with van der Waals surface area (Å²) in [5.41, 5.74) is 2.05. The lowest BCUT2D eigenvalue weighted by Crippen LogP contribution is -2.36. The van der Waals surface area contributed by atoms with Crippen molar-refractivity contribution in [2.24, 2.45) is 0 Å². The summed E-state index contributed by atoms with van der Waals surface area (Å²) in [5, 5.41) is 0. The van der Waals surface area contributed by atoms with Gasteiger partial charge in [0.05, 0.1) is 0 Å². The number of likely N-dealkylation sites (tertiary alicyclic amines) is 1. The van der Waals surface area contributed by atoms with Crippen LogP contribution in [0.5, 0.6) is 5.75 Å². The summed E-state index contributed by atoms with van der Waals surface area (Å²) < 4.78 is 35.3. The highest BCUT2D eigenvalue weighted by atomic mass is 19.3. The fraction of sp³-hybridized carbons (Fsp3) is 0.273. The molecule has 1 saturated heterocycles. The molecule has 0 saturated carbocycles. The molecule has 1 aliphatic rings. The standard InChI is InChI=1S/C22H20F2N2O3/c23-22(24)29-18-7-3-1-5-15(18)9-10-20(27)26-13-11-16(12-14-26)21-25-17-6-2-4-8-19(17)28-21/h1-10,16,22H,11-14H2/b10-9-. The molecular weight excluding hydrogens is 378 g/mol. The number of fused-ring (bicyclic) bond motifs is 1. The smallest absolute Gasteiger partial charge is 0.387 e. The molecule has 1 fully saturated rings. The van der Waals surface area contributed by atoms with Gasteiger partial charge in [0.15, 0.2) is 11.5 Å². The monoisotopic (exact) mass is 398 g/mol. The molecule has 5 nitrogen and oxygen atoms in total. The van der Waals surface area contributed by atoms with Crippen molar-refractivity contribution >= 4 is 23.1 Å². The number of carbonyl (C=O) groups is 1. The third kappa shape index (κ3) is 4.45. The molecule has 150 valence electrons. The molecule has 0 N–H and O–H groups in total. The van der Waals surface area contributed by atoms with Crippen LogP contribution >= 0.6 is 0 Å². The van der Waals surface area contributed by atoms with Crippen LogP contribution in [0.15, 0.2) is 59.0 Å². The van der Waals surface area contributed by atoms with Gasteiger partial charge < -0.3 is 14.1 Å². The van der Waals surface area contributed by atoms with E-state index in [1.165, 1.54) is 18.2 Å². The Hall–Kier alpha value is -3.22. The van der Waals surface area contributed by atoms with Crippen molar-refractivity contribution in [2.75, 3.05) is 13.1 Å². The molecule has 0 bridgehead atoms. The van der Waals surface area contributed by atoms with Gasteiger partial charge >= 0.3 is 6.61 Å². The number of benzene rings is 2. The summed E-state index contributed by atoms with van der Waals surface area (Å²) in [6, 6.07) is 14.0. The molecule has 1 amide bonds. The normalized spacial score (nSPS) is 15.5. The second kappa shape index (κ2) is 8.43. The van der Waals surface area contributed by atoms with Crippen molar-refractivity contribution in [1.29, 1.82) is 0 Å². The first kappa shape index (κ1) is 19.1. The molecule has 3 aromatic rings. The van der Waals surface area contributed by atoms with E-state index in [0.29, 0.717) is 24.5 Å². The second-order valence-electron chi connectivity index (χ2n) is 6.87. The van der Waals surface area contributed by atoms with Crippen molar-refractivity contribution in [3.05, 3.63) is 66.1 Å². The summed E-state index contributed by atoms with van der Waals surface area (Å²) in [7, 11) is 0. The lowest BCUT2D eigenvalue weighted by Gasteiger charge is -2.29. The molecule has 29 heavy (non-hydrogen) atoms. The minimum atomic E-state index is -2.91. The van der Waals surface area contributed by atoms with Crippen molar-refractivity contribution in [3.8, 4) is 5.75 Å². The lowest BCUT2D eigenvalue weighted by atomic mass is 9.96. The predicted molar refractivity (Wildman–Crippen MR) is 105 cm³/mol. The van der Waals surface area contributed by atoms with Crippen LogP contribution in [-0.2, 0) is 4.79 Å². The summed E-state index contributed by atoms with van der Waals surface area (Å²) in [5.74, 6) is 0.775. The van der Waals surface area contributed by atoms with Gasteiger partial charge in [-0.1, -0.05) is 30.3 Å². The molecule has 2 heterocycles. The fourth-order valence-corrected chi connectivity index (χ4v) is 3.50. The Morgan fingerprint density at radius 3 is 2.62 bits per heavy atom. The van der Waals surface area contributed by atoms with Crippen molar-refractivity contribution in [2.45, 2.75) is 25.4 Å². The molecule has 0 aliphatic carbocycles. The first-order valence-electron chi connectivity index (χ1n) is 9.46. The van der Waals surface area contributed by atoms with Gasteiger partial charge in [-0.25, -0.2) is 4.98 Å². The molecule has 1 aliphatic heterocycles. The van der Waals surface area contributed by atoms with Crippen molar-refractivity contribution in [3.63, 3.8) is 0 Å². The Morgan fingerprint density at radius 2 is 1.86 bits per heavy atom. The number of alkyl halides is 2. The number of piperidine rings is 1. The van der Waals surface area contributed by atoms with E-state index in [1.807, 2.05) is 24.3 Å². The maximum Gasteiger partial charge on any atom is 0.387 e. The average molecular weight is 398 g/mol. The van der Waals surface area contributed by atoms with Gasteiger partial charge in [-0.2, -0.15) is 8.78 Å². The van der Waals surface area contributed by atoms with Crippen LogP contribution in [0, 0.1) is 0 Å². The van der Waals surface area contributed by atoms with Crippen molar-refractivity contribution in [1.82, 2.24) is 9.88 Å². The van der Waals surface area contributed by atoms with Crippen LogP contribution in [0.3, 0.4) is 0 Å². The van der Waals surface area contributed by atoms with E-state index in [2.05, 4.69) is 9.72 Å². The van der Waals surface area contributed by atoms with E-state index in [9.17, 15) is 13.6 Å². The van der Waals surface area contributed by atoms with E-state index in [4.69, 9.17) is 4.42 Å². The Balaban J connectivity index is 1.37. The zero-order valence-electron chi connectivity index (χ0n) is 15.6. The average Bonchev–Trinajstić information content (AvgIpc) is 3.17. The van der Waals surface area contributed by atoms with Gasteiger partial charge in [0.1, 0.15) is 11.3 Å². The van der Waals surface area contributed by atoms with E-state index in [-0.39, 0.29) is 17.6 Å². The molecule has 0 spiro atoms. The topological polar surface area (TPSA) is 55.6 Å². The summed E-state index contributed by atoms with van der Waals surface area (Å²) in [4.78, 5) is 18.8. The number of hydrogen-bond donors (Lipinski definition) is 0. The fourth-order valence-electron chi connectivity index (χ4n) is 3.50. The number of rotatable bonds is 5. The number of carbonyl (C=O) groups excluding carboxylic acids is 1. The highest BCUT2D eigenvalue weighted by Gasteiger charge is 2.26. The third-order valence-electron chi connectivity index (χ3n) is 5.01. The van der Waals surface area contributed by atoms with E-state index < -0.39 is 6.61 Å². The van der Waals surface area contributed by atoms with Gasteiger partial charge in [-0.05, 0) is 37.1 Å². The van der Waals surface area contributed by atoms with Gasteiger partial charge in [-0.3, -0.25) is 4.79 Å². The van der Waals surface area contributed by atoms with Crippen LogP contribution in [0.1, 0.15) is 30.2 Å². The summed E-state index contributed by atoms with van der Waals surface area (Å²) >= 11 is 0. The van der Waals surface area contributed by atoms with Gasteiger partial charge in [-0.15, -0.1) is 0 Å². The number of halogens is 2. The zero-order valence-corrected chi connectivity index (χ0v) is 15.6. The minimum absolute atomic E-state index is 0.0428. The molecule has 2 aromatic carbocycles. The van der Waals surface area contributed by atoms with Gasteiger partial charge in [0.2, 0.25) is 5.91 Å². The Bertz CT molecular complexity index is 991. The molecule has 7 heteroatoms. The number of amides is 1.